The molecule has 1 aromatic carbocycles. The van der Waals surface area contributed by atoms with Gasteiger partial charge in [-0.15, -0.1) is 0 Å². The van der Waals surface area contributed by atoms with E-state index < -0.39 is 19.6 Å². The van der Waals surface area contributed by atoms with Crippen LogP contribution in [0.4, 0.5) is 5.69 Å². The number of nitrogens with one attached hydrogen (secondary N) is 1. The summed E-state index contributed by atoms with van der Waals surface area (Å²) >= 11 is 0. The maximum atomic E-state index is 11.1. The lowest BCUT2D eigenvalue weighted by Crippen LogP contribution is -2.41. The number of hydrogen-bond donors (Lipinski definition) is 2. The zero-order chi connectivity index (χ0) is 15.0. The fraction of sp³-hybridized carbons (Fsp3) is 0.500. The van der Waals surface area contributed by atoms with Crippen LogP contribution in [0.25, 0.3) is 0 Å². The quantitative estimate of drug-likeness (QED) is 0.806. The van der Waals surface area contributed by atoms with Gasteiger partial charge in [0.25, 0.3) is 0 Å². The average Bonchev–Trinajstić information content (AvgIpc) is 2.59. The third kappa shape index (κ3) is 2.87. The lowest BCUT2D eigenvalue weighted by molar-refractivity contribution is -0.118. The summed E-state index contributed by atoms with van der Waals surface area (Å²) < 4.78 is 11.9. The maximum absolute atomic E-state index is 11.1. The molecule has 0 atom stereocenters. The zero-order valence-electron chi connectivity index (χ0n) is 12.3. The summed E-state index contributed by atoms with van der Waals surface area (Å²) in [4.78, 5) is 11.1. The highest BCUT2D eigenvalue weighted by Crippen LogP contribution is 2.36. The smallest absolute Gasteiger partial charge is 0.399 e. The molecular formula is C14H20BNO4. The van der Waals surface area contributed by atoms with Gasteiger partial charge >= 0.3 is 7.12 Å². The van der Waals surface area contributed by atoms with Crippen molar-refractivity contribution in [3.63, 3.8) is 0 Å². The van der Waals surface area contributed by atoms with Crippen LogP contribution in [0.2, 0.25) is 0 Å². The van der Waals surface area contributed by atoms with Crippen molar-refractivity contribution in [2.75, 3.05) is 11.9 Å². The second-order valence-corrected chi connectivity index (χ2v) is 5.92. The van der Waals surface area contributed by atoms with E-state index in [2.05, 4.69) is 5.32 Å². The molecule has 0 spiro atoms. The second kappa shape index (κ2) is 5.20. The van der Waals surface area contributed by atoms with Gasteiger partial charge in [0, 0.05) is 5.69 Å². The van der Waals surface area contributed by atoms with Crippen LogP contribution in [0.3, 0.4) is 0 Å². The number of carbonyl (C=O) groups excluding carboxylic acids is 1. The minimum Gasteiger partial charge on any atom is -0.399 e. The van der Waals surface area contributed by atoms with Crippen LogP contribution in [-0.4, -0.2) is 35.9 Å². The number of amides is 1. The van der Waals surface area contributed by atoms with Crippen molar-refractivity contribution in [3.8, 4) is 0 Å². The van der Waals surface area contributed by atoms with Crippen LogP contribution in [0.1, 0.15) is 27.7 Å². The molecule has 2 rings (SSSR count). The Morgan fingerprint density at radius 3 is 2.10 bits per heavy atom. The number of benzene rings is 1. The van der Waals surface area contributed by atoms with Gasteiger partial charge in [0.2, 0.25) is 5.91 Å². The van der Waals surface area contributed by atoms with E-state index in [9.17, 15) is 4.79 Å². The molecule has 1 heterocycles. The zero-order valence-corrected chi connectivity index (χ0v) is 12.3. The van der Waals surface area contributed by atoms with Gasteiger partial charge in [-0.25, -0.2) is 0 Å². The Morgan fingerprint density at radius 2 is 1.65 bits per heavy atom. The second-order valence-electron chi connectivity index (χ2n) is 5.92. The minimum atomic E-state index is -0.529. The van der Waals surface area contributed by atoms with Crippen LogP contribution < -0.4 is 10.8 Å². The number of rotatable bonds is 3. The summed E-state index contributed by atoms with van der Waals surface area (Å²) in [6, 6.07) is 7.20. The molecule has 0 bridgehead atoms. The SMILES string of the molecule is CC1(C)OB(c2ccc(NC(=O)CO)cc2)OC1(C)C. The Morgan fingerprint density at radius 1 is 1.15 bits per heavy atom. The van der Waals surface area contributed by atoms with Gasteiger partial charge in [0.1, 0.15) is 6.61 Å². The van der Waals surface area contributed by atoms with E-state index in [4.69, 9.17) is 14.4 Å². The molecule has 1 amide bonds. The molecule has 0 saturated carbocycles. The molecule has 2 N–H and O–H groups in total. The number of hydrogen-bond acceptors (Lipinski definition) is 4. The van der Waals surface area contributed by atoms with Crippen LogP contribution in [0, 0.1) is 0 Å². The van der Waals surface area contributed by atoms with Crippen molar-refractivity contribution in [1.82, 2.24) is 0 Å². The van der Waals surface area contributed by atoms with E-state index in [1.54, 1.807) is 12.1 Å². The van der Waals surface area contributed by atoms with E-state index in [-0.39, 0.29) is 11.2 Å². The summed E-state index contributed by atoms with van der Waals surface area (Å²) in [6.45, 7) is 7.48. The van der Waals surface area contributed by atoms with Crippen LogP contribution in [0.15, 0.2) is 24.3 Å². The van der Waals surface area contributed by atoms with Crippen molar-refractivity contribution in [1.29, 1.82) is 0 Å². The molecule has 1 aromatic rings. The molecule has 5 nitrogen and oxygen atoms in total. The van der Waals surface area contributed by atoms with Crippen molar-refractivity contribution >= 4 is 24.2 Å². The first-order chi connectivity index (χ1) is 9.25. The molecular weight excluding hydrogens is 257 g/mol. The monoisotopic (exact) mass is 277 g/mol. The molecule has 1 aliphatic heterocycles. The van der Waals surface area contributed by atoms with E-state index in [0.29, 0.717) is 5.69 Å². The number of aliphatic hydroxyl groups excluding tert-OH is 1. The number of aliphatic hydroxyl groups is 1. The van der Waals surface area contributed by atoms with Crippen molar-refractivity contribution in [2.24, 2.45) is 0 Å². The molecule has 1 fully saturated rings. The predicted molar refractivity (Wildman–Crippen MR) is 77.9 cm³/mol. The Labute approximate surface area is 119 Å². The molecule has 6 heteroatoms. The van der Waals surface area contributed by atoms with Gasteiger partial charge in [0.15, 0.2) is 0 Å². The molecule has 108 valence electrons. The summed E-state index contributed by atoms with van der Waals surface area (Å²) in [6.07, 6.45) is 0. The summed E-state index contributed by atoms with van der Waals surface area (Å²) in [5.74, 6) is -0.437. The normalized spacial score (nSPS) is 19.9. The van der Waals surface area contributed by atoms with Crippen LogP contribution in [-0.2, 0) is 14.1 Å². The third-order valence-corrected chi connectivity index (χ3v) is 3.86. The topological polar surface area (TPSA) is 67.8 Å². The summed E-state index contributed by atoms with van der Waals surface area (Å²) in [5.41, 5.74) is 0.776. The molecule has 20 heavy (non-hydrogen) atoms. The van der Waals surface area contributed by atoms with Crippen LogP contribution in [0.5, 0.6) is 0 Å². The lowest BCUT2D eigenvalue weighted by atomic mass is 9.79. The highest BCUT2D eigenvalue weighted by molar-refractivity contribution is 6.62. The first-order valence-electron chi connectivity index (χ1n) is 6.61. The fourth-order valence-electron chi connectivity index (χ4n) is 1.90. The first-order valence-corrected chi connectivity index (χ1v) is 6.61. The lowest BCUT2D eigenvalue weighted by Gasteiger charge is -2.32. The van der Waals surface area contributed by atoms with E-state index in [1.807, 2.05) is 39.8 Å². The largest absolute Gasteiger partial charge is 0.494 e. The highest BCUT2D eigenvalue weighted by atomic mass is 16.7. The van der Waals surface area contributed by atoms with E-state index in [1.165, 1.54) is 0 Å². The Balaban J connectivity index is 2.10. The third-order valence-electron chi connectivity index (χ3n) is 3.86. The highest BCUT2D eigenvalue weighted by Gasteiger charge is 2.51. The molecule has 0 aromatic heterocycles. The van der Waals surface area contributed by atoms with E-state index >= 15 is 0 Å². The van der Waals surface area contributed by atoms with E-state index in [0.717, 1.165) is 5.46 Å². The van der Waals surface area contributed by atoms with Crippen molar-refractivity contribution in [3.05, 3.63) is 24.3 Å². The Hall–Kier alpha value is -1.37. The van der Waals surface area contributed by atoms with Gasteiger partial charge in [0.05, 0.1) is 11.2 Å². The van der Waals surface area contributed by atoms with Crippen molar-refractivity contribution in [2.45, 2.75) is 38.9 Å². The Kier molecular flexibility index (Phi) is 3.91. The van der Waals surface area contributed by atoms with Gasteiger partial charge < -0.3 is 19.7 Å². The summed E-state index contributed by atoms with van der Waals surface area (Å²) in [5, 5.41) is 11.3. The summed E-state index contributed by atoms with van der Waals surface area (Å²) in [7, 11) is -0.414. The molecule has 1 aliphatic rings. The molecule has 0 radical (unpaired) electrons. The fourth-order valence-corrected chi connectivity index (χ4v) is 1.90. The van der Waals surface area contributed by atoms with Gasteiger partial charge in [-0.05, 0) is 45.3 Å². The molecule has 0 unspecified atom stereocenters. The van der Waals surface area contributed by atoms with Gasteiger partial charge in [-0.1, -0.05) is 12.1 Å². The first kappa shape index (κ1) is 15.0. The minimum absolute atomic E-state index is 0.374. The average molecular weight is 277 g/mol. The van der Waals surface area contributed by atoms with Gasteiger partial charge in [-0.2, -0.15) is 0 Å². The van der Waals surface area contributed by atoms with Crippen LogP contribution >= 0.6 is 0 Å². The number of anilines is 1. The standard InChI is InChI=1S/C14H20BNO4/c1-13(2)14(3,4)20-15(19-13)10-5-7-11(8-6-10)16-12(18)9-17/h5-8,17H,9H2,1-4H3,(H,16,18). The number of carbonyl (C=O) groups is 1. The maximum Gasteiger partial charge on any atom is 0.494 e. The molecule has 0 aliphatic carbocycles. The molecule has 1 saturated heterocycles. The van der Waals surface area contributed by atoms with Crippen molar-refractivity contribution < 1.29 is 19.2 Å². The Bertz CT molecular complexity index is 482. The predicted octanol–water partition coefficient (Wildman–Crippen LogP) is 0.917. The van der Waals surface area contributed by atoms with Gasteiger partial charge in [-0.3, -0.25) is 4.79 Å².